The van der Waals surface area contributed by atoms with Crippen LogP contribution in [0.3, 0.4) is 0 Å². The fourth-order valence-corrected chi connectivity index (χ4v) is 4.01. The summed E-state index contributed by atoms with van der Waals surface area (Å²) in [7, 11) is 0. The summed E-state index contributed by atoms with van der Waals surface area (Å²) in [5, 5.41) is 9.86. The van der Waals surface area contributed by atoms with Gasteiger partial charge in [0.25, 0.3) is 0 Å². The van der Waals surface area contributed by atoms with Crippen molar-refractivity contribution >= 4 is 5.69 Å². The van der Waals surface area contributed by atoms with E-state index >= 15 is 0 Å². The van der Waals surface area contributed by atoms with E-state index in [0.29, 0.717) is 5.41 Å². The predicted molar refractivity (Wildman–Crippen MR) is 84.0 cm³/mol. The van der Waals surface area contributed by atoms with E-state index in [1.165, 1.54) is 57.3 Å². The van der Waals surface area contributed by atoms with Crippen LogP contribution >= 0.6 is 0 Å². The molecule has 1 aliphatic heterocycles. The van der Waals surface area contributed by atoms with E-state index in [0.717, 1.165) is 12.0 Å². The number of benzene rings is 1. The number of hydrogen-bond acceptors (Lipinski definition) is 2. The first-order valence-electron chi connectivity index (χ1n) is 8.25. The third kappa shape index (κ3) is 2.71. The Bertz CT molecular complexity index is 423. The molecule has 20 heavy (non-hydrogen) atoms. The van der Waals surface area contributed by atoms with Gasteiger partial charge >= 0.3 is 0 Å². The Kier molecular flexibility index (Phi) is 4.02. The zero-order chi connectivity index (χ0) is 14.0. The summed E-state index contributed by atoms with van der Waals surface area (Å²) in [6.07, 6.45) is 9.02. The van der Waals surface area contributed by atoms with Crippen molar-refractivity contribution in [2.24, 2.45) is 5.41 Å². The van der Waals surface area contributed by atoms with Gasteiger partial charge in [-0.1, -0.05) is 31.9 Å². The van der Waals surface area contributed by atoms with Crippen molar-refractivity contribution < 1.29 is 5.11 Å². The van der Waals surface area contributed by atoms with Crippen LogP contribution in [-0.2, 0) is 0 Å². The highest BCUT2D eigenvalue weighted by molar-refractivity contribution is 5.48. The van der Waals surface area contributed by atoms with E-state index in [4.69, 9.17) is 0 Å². The molecule has 1 atom stereocenters. The Balaban J connectivity index is 1.63. The molecule has 0 aromatic heterocycles. The molecule has 3 rings (SSSR count). The van der Waals surface area contributed by atoms with Crippen molar-refractivity contribution in [3.8, 4) is 0 Å². The summed E-state index contributed by atoms with van der Waals surface area (Å²) in [5.41, 5.74) is 3.06. The minimum Gasteiger partial charge on any atom is -0.388 e. The van der Waals surface area contributed by atoms with Gasteiger partial charge in [-0.15, -0.1) is 0 Å². The topological polar surface area (TPSA) is 23.5 Å². The molecule has 1 aromatic carbocycles. The quantitative estimate of drug-likeness (QED) is 0.888. The maximum Gasteiger partial charge on any atom is 0.0787 e. The molecule has 2 nitrogen and oxygen atoms in total. The average molecular weight is 273 g/mol. The molecule has 1 spiro atoms. The van der Waals surface area contributed by atoms with Crippen LogP contribution in [0.1, 0.15) is 63.5 Å². The van der Waals surface area contributed by atoms with Gasteiger partial charge in [-0.05, 0) is 55.2 Å². The number of anilines is 1. The first kappa shape index (κ1) is 13.9. The van der Waals surface area contributed by atoms with E-state index in [2.05, 4.69) is 29.2 Å². The number of aliphatic hydroxyl groups is 1. The van der Waals surface area contributed by atoms with Crippen molar-refractivity contribution in [2.75, 3.05) is 18.0 Å². The van der Waals surface area contributed by atoms with Gasteiger partial charge in [-0.25, -0.2) is 0 Å². The fraction of sp³-hybridized carbons (Fsp3) is 0.667. The Morgan fingerprint density at radius 1 is 1.05 bits per heavy atom. The first-order valence-corrected chi connectivity index (χ1v) is 8.25. The molecular formula is C18H27NO. The summed E-state index contributed by atoms with van der Waals surface area (Å²) in [5.74, 6) is 0. The van der Waals surface area contributed by atoms with Gasteiger partial charge in [-0.3, -0.25) is 0 Å². The minimum absolute atomic E-state index is 0.313. The van der Waals surface area contributed by atoms with Gasteiger partial charge in [0, 0.05) is 18.8 Å². The molecule has 2 fully saturated rings. The third-order valence-corrected chi connectivity index (χ3v) is 5.52. The Morgan fingerprint density at radius 2 is 1.65 bits per heavy atom. The minimum atomic E-state index is -0.313. The lowest BCUT2D eigenvalue weighted by atomic mass is 9.77. The van der Waals surface area contributed by atoms with E-state index in [1.807, 2.05) is 6.92 Å². The molecule has 0 amide bonds. The first-order chi connectivity index (χ1) is 9.72. The van der Waals surface area contributed by atoms with Crippen LogP contribution in [0.4, 0.5) is 5.69 Å². The monoisotopic (exact) mass is 273 g/mol. The molecule has 1 saturated carbocycles. The van der Waals surface area contributed by atoms with Crippen molar-refractivity contribution in [3.63, 3.8) is 0 Å². The third-order valence-electron chi connectivity index (χ3n) is 5.52. The number of nitrogens with zero attached hydrogens (tertiary/aromatic N) is 1. The normalized spacial score (nSPS) is 23.2. The molecule has 110 valence electrons. The van der Waals surface area contributed by atoms with E-state index in [-0.39, 0.29) is 6.10 Å². The predicted octanol–water partition coefficient (Wildman–Crippen LogP) is 4.29. The van der Waals surface area contributed by atoms with E-state index in [1.54, 1.807) is 0 Å². The number of rotatable bonds is 3. The van der Waals surface area contributed by atoms with Crippen molar-refractivity contribution in [2.45, 2.75) is 58.0 Å². The maximum atomic E-state index is 9.86. The van der Waals surface area contributed by atoms with Gasteiger partial charge in [0.15, 0.2) is 0 Å². The molecular weight excluding hydrogens is 246 g/mol. The second-order valence-corrected chi connectivity index (χ2v) is 6.71. The zero-order valence-electron chi connectivity index (χ0n) is 12.6. The van der Waals surface area contributed by atoms with Crippen molar-refractivity contribution in [3.05, 3.63) is 29.8 Å². The van der Waals surface area contributed by atoms with Crippen LogP contribution in [0, 0.1) is 5.41 Å². The second kappa shape index (κ2) is 5.77. The summed E-state index contributed by atoms with van der Waals surface area (Å²) >= 11 is 0. The molecule has 2 heteroatoms. The zero-order valence-corrected chi connectivity index (χ0v) is 12.6. The SMILES string of the molecule is CC[C@H](O)c1ccc(N2CCC3(CCCC3)CC2)cc1. The molecule has 1 heterocycles. The van der Waals surface area contributed by atoms with Gasteiger partial charge in [0.2, 0.25) is 0 Å². The van der Waals surface area contributed by atoms with Crippen LogP contribution in [-0.4, -0.2) is 18.2 Å². The average Bonchev–Trinajstić information content (AvgIpc) is 2.96. The lowest BCUT2D eigenvalue weighted by Crippen LogP contribution is -2.38. The Morgan fingerprint density at radius 3 is 2.20 bits per heavy atom. The van der Waals surface area contributed by atoms with Crippen LogP contribution in [0.2, 0.25) is 0 Å². The number of hydrogen-bond donors (Lipinski definition) is 1. The second-order valence-electron chi connectivity index (χ2n) is 6.71. The highest BCUT2D eigenvalue weighted by atomic mass is 16.3. The molecule has 0 radical (unpaired) electrons. The van der Waals surface area contributed by atoms with Gasteiger partial charge in [-0.2, -0.15) is 0 Å². The molecule has 1 N–H and O–H groups in total. The fourth-order valence-electron chi connectivity index (χ4n) is 4.01. The molecule has 1 aromatic rings. The largest absolute Gasteiger partial charge is 0.388 e. The van der Waals surface area contributed by atoms with Crippen LogP contribution in [0.25, 0.3) is 0 Å². The van der Waals surface area contributed by atoms with Crippen LogP contribution in [0.15, 0.2) is 24.3 Å². The molecule has 2 aliphatic rings. The van der Waals surface area contributed by atoms with Crippen molar-refractivity contribution in [1.29, 1.82) is 0 Å². The van der Waals surface area contributed by atoms with E-state index in [9.17, 15) is 5.11 Å². The number of aliphatic hydroxyl groups excluding tert-OH is 1. The molecule has 0 unspecified atom stereocenters. The summed E-state index contributed by atoms with van der Waals surface area (Å²) in [4.78, 5) is 2.52. The van der Waals surface area contributed by atoms with Crippen LogP contribution < -0.4 is 4.90 Å². The van der Waals surface area contributed by atoms with Crippen molar-refractivity contribution in [1.82, 2.24) is 0 Å². The Hall–Kier alpha value is -1.02. The summed E-state index contributed by atoms with van der Waals surface area (Å²) < 4.78 is 0. The van der Waals surface area contributed by atoms with E-state index < -0.39 is 0 Å². The highest BCUT2D eigenvalue weighted by Crippen LogP contribution is 2.46. The summed E-state index contributed by atoms with van der Waals surface area (Å²) in [6.45, 7) is 4.43. The molecule has 1 aliphatic carbocycles. The van der Waals surface area contributed by atoms with Crippen LogP contribution in [0.5, 0.6) is 0 Å². The van der Waals surface area contributed by atoms with Gasteiger partial charge in [0.1, 0.15) is 0 Å². The molecule has 0 bridgehead atoms. The highest BCUT2D eigenvalue weighted by Gasteiger charge is 2.36. The smallest absolute Gasteiger partial charge is 0.0787 e. The summed E-state index contributed by atoms with van der Waals surface area (Å²) in [6, 6.07) is 8.54. The maximum absolute atomic E-state index is 9.86. The standard InChI is InChI=1S/C18H27NO/c1-2-17(20)15-5-7-16(8-6-15)19-13-11-18(12-14-19)9-3-4-10-18/h5-8,17,20H,2-4,9-14H2,1H3/t17-/m0/s1. The lowest BCUT2D eigenvalue weighted by Gasteiger charge is -2.40. The lowest BCUT2D eigenvalue weighted by molar-refractivity contribution is 0.173. The molecule has 1 saturated heterocycles. The van der Waals surface area contributed by atoms with Gasteiger partial charge in [0.05, 0.1) is 6.10 Å². The number of piperidine rings is 1. The van der Waals surface area contributed by atoms with Gasteiger partial charge < -0.3 is 10.0 Å². The Labute approximate surface area is 122 Å².